The highest BCUT2D eigenvalue weighted by atomic mass is 79.9. The fraction of sp³-hybridized carbons (Fsp3) is 0.273. The molecule has 29 heavy (non-hydrogen) atoms. The molecule has 1 aliphatic rings. The molecule has 1 amide bonds. The minimum Gasteiger partial charge on any atom is -0.497 e. The zero-order valence-corrected chi connectivity index (χ0v) is 17.6. The average molecular weight is 457 g/mol. The van der Waals surface area contributed by atoms with Crippen molar-refractivity contribution in [1.82, 2.24) is 5.32 Å². The van der Waals surface area contributed by atoms with Crippen LogP contribution in [-0.2, 0) is 4.74 Å². The second-order valence-electron chi connectivity index (χ2n) is 6.81. The molecule has 150 valence electrons. The van der Waals surface area contributed by atoms with E-state index in [0.29, 0.717) is 29.1 Å². The molecule has 2 heterocycles. The van der Waals surface area contributed by atoms with Crippen LogP contribution in [0, 0.1) is 0 Å². The van der Waals surface area contributed by atoms with Gasteiger partial charge in [0.15, 0.2) is 0 Å². The molecule has 1 fully saturated rings. The highest BCUT2D eigenvalue weighted by Crippen LogP contribution is 2.22. The first-order chi connectivity index (χ1) is 14.1. The summed E-state index contributed by atoms with van der Waals surface area (Å²) in [4.78, 5) is 17.5. The van der Waals surface area contributed by atoms with E-state index >= 15 is 0 Å². The summed E-state index contributed by atoms with van der Waals surface area (Å²) < 4.78 is 17.8. The van der Waals surface area contributed by atoms with Gasteiger partial charge in [0.25, 0.3) is 5.91 Å². The monoisotopic (exact) mass is 456 g/mol. The van der Waals surface area contributed by atoms with Crippen molar-refractivity contribution in [3.8, 4) is 5.75 Å². The Labute approximate surface area is 176 Å². The maximum atomic E-state index is 12.9. The molecule has 3 aromatic rings. The number of nitrogens with one attached hydrogen (secondary N) is 1. The van der Waals surface area contributed by atoms with Crippen LogP contribution in [0.5, 0.6) is 5.75 Å². The predicted molar refractivity (Wildman–Crippen MR) is 113 cm³/mol. The first-order valence-electron chi connectivity index (χ1n) is 9.44. The summed E-state index contributed by atoms with van der Waals surface area (Å²) in [5.41, 5.74) is 1.90. The van der Waals surface area contributed by atoms with E-state index in [1.54, 1.807) is 19.2 Å². The van der Waals surface area contributed by atoms with Crippen molar-refractivity contribution < 1.29 is 18.7 Å². The van der Waals surface area contributed by atoms with Gasteiger partial charge in [0, 0.05) is 29.1 Å². The lowest BCUT2D eigenvalue weighted by Gasteiger charge is -2.11. The number of hydrogen-bond acceptors (Lipinski definition) is 5. The molecule has 0 bridgehead atoms. The van der Waals surface area contributed by atoms with Crippen LogP contribution in [0.1, 0.15) is 23.2 Å². The van der Waals surface area contributed by atoms with Gasteiger partial charge in [0.05, 0.1) is 18.9 Å². The lowest BCUT2D eigenvalue weighted by molar-refractivity contribution is 0.0854. The zero-order valence-electron chi connectivity index (χ0n) is 16.0. The number of carbonyl (C=O) groups excluding carboxylic acids is 1. The standard InChI is InChI=1S/C22H21BrN2O4/c1-27-17-5-2-4-16(12-17)25-22-19(21(26)24-13-18-6-3-9-28-18)11-14-10-15(23)7-8-20(14)29-22/h2,4-5,7-8,10-12,18H,3,6,9,13H2,1H3,(H,24,26). The molecule has 1 aromatic heterocycles. The number of amides is 1. The quantitative estimate of drug-likeness (QED) is 0.619. The van der Waals surface area contributed by atoms with Crippen LogP contribution in [-0.4, -0.2) is 32.3 Å². The maximum Gasteiger partial charge on any atom is 0.256 e. The van der Waals surface area contributed by atoms with Crippen molar-refractivity contribution >= 4 is 38.5 Å². The summed E-state index contributed by atoms with van der Waals surface area (Å²) in [6, 6.07) is 14.7. The zero-order chi connectivity index (χ0) is 20.2. The number of hydrogen-bond donors (Lipinski definition) is 1. The summed E-state index contributed by atoms with van der Waals surface area (Å²) in [7, 11) is 1.60. The molecule has 1 aliphatic heterocycles. The average Bonchev–Trinajstić information content (AvgIpc) is 3.25. The Bertz CT molecular complexity index is 1100. The van der Waals surface area contributed by atoms with Gasteiger partial charge in [-0.3, -0.25) is 4.79 Å². The number of halogens is 1. The van der Waals surface area contributed by atoms with E-state index in [0.717, 1.165) is 29.3 Å². The minimum absolute atomic E-state index is 0.0595. The Kier molecular flexibility index (Phi) is 5.97. The van der Waals surface area contributed by atoms with Crippen molar-refractivity contribution in [2.45, 2.75) is 18.9 Å². The molecule has 2 aromatic carbocycles. The van der Waals surface area contributed by atoms with Crippen molar-refractivity contribution in [3.05, 3.63) is 64.1 Å². The third-order valence-corrected chi connectivity index (χ3v) is 5.24. The first kappa shape index (κ1) is 19.7. The molecular formula is C22H21BrN2O4. The second-order valence-corrected chi connectivity index (χ2v) is 7.72. The Balaban J connectivity index is 1.75. The molecule has 0 aliphatic carbocycles. The molecule has 0 saturated carbocycles. The van der Waals surface area contributed by atoms with Gasteiger partial charge in [-0.05, 0) is 49.2 Å². The number of nitrogens with zero attached hydrogens (tertiary/aromatic N) is 1. The van der Waals surface area contributed by atoms with E-state index < -0.39 is 0 Å². The summed E-state index contributed by atoms with van der Waals surface area (Å²) >= 11 is 3.46. The normalized spacial score (nSPS) is 16.9. The van der Waals surface area contributed by atoms with E-state index in [4.69, 9.17) is 13.9 Å². The van der Waals surface area contributed by atoms with Gasteiger partial charge in [0.1, 0.15) is 16.9 Å². The van der Waals surface area contributed by atoms with Crippen LogP contribution < -0.4 is 15.6 Å². The lowest BCUT2D eigenvalue weighted by atomic mass is 10.1. The number of ether oxygens (including phenoxy) is 2. The van der Waals surface area contributed by atoms with Crippen molar-refractivity contribution in [2.75, 3.05) is 20.3 Å². The third-order valence-electron chi connectivity index (χ3n) is 4.75. The Hall–Kier alpha value is -2.64. The SMILES string of the molecule is COc1cccc(N=c2oc3ccc(Br)cc3cc2C(=O)NCC2CCCO2)c1. The van der Waals surface area contributed by atoms with Crippen LogP contribution in [0.15, 0.2) is 62.4 Å². The Morgan fingerprint density at radius 2 is 2.17 bits per heavy atom. The largest absolute Gasteiger partial charge is 0.497 e. The van der Waals surface area contributed by atoms with Gasteiger partial charge in [0.2, 0.25) is 5.55 Å². The maximum absolute atomic E-state index is 12.9. The summed E-state index contributed by atoms with van der Waals surface area (Å²) in [5.74, 6) is 0.438. The van der Waals surface area contributed by atoms with Crippen LogP contribution in [0.3, 0.4) is 0 Å². The molecule has 7 heteroatoms. The van der Waals surface area contributed by atoms with Crippen LogP contribution in [0.25, 0.3) is 11.0 Å². The number of benzene rings is 2. The van der Waals surface area contributed by atoms with Crippen molar-refractivity contribution in [2.24, 2.45) is 4.99 Å². The molecule has 6 nitrogen and oxygen atoms in total. The number of fused-ring (bicyclic) bond motifs is 1. The third kappa shape index (κ3) is 4.68. The number of rotatable bonds is 5. The van der Waals surface area contributed by atoms with Gasteiger partial charge < -0.3 is 19.2 Å². The number of methoxy groups -OCH3 is 1. The molecule has 1 atom stereocenters. The van der Waals surface area contributed by atoms with Gasteiger partial charge in [-0.1, -0.05) is 22.0 Å². The van der Waals surface area contributed by atoms with Gasteiger partial charge in [-0.15, -0.1) is 0 Å². The molecule has 1 saturated heterocycles. The fourth-order valence-corrected chi connectivity index (χ4v) is 3.63. The van der Waals surface area contributed by atoms with Gasteiger partial charge in [-0.25, -0.2) is 4.99 Å². The highest BCUT2D eigenvalue weighted by molar-refractivity contribution is 9.10. The molecule has 0 radical (unpaired) electrons. The first-order valence-corrected chi connectivity index (χ1v) is 10.2. The van der Waals surface area contributed by atoms with E-state index in [9.17, 15) is 4.79 Å². The molecular weight excluding hydrogens is 436 g/mol. The van der Waals surface area contributed by atoms with Crippen LogP contribution in [0.4, 0.5) is 5.69 Å². The summed E-state index contributed by atoms with van der Waals surface area (Å²) in [6.45, 7) is 1.21. The van der Waals surface area contributed by atoms with E-state index in [-0.39, 0.29) is 17.6 Å². The Morgan fingerprint density at radius 3 is 2.97 bits per heavy atom. The van der Waals surface area contributed by atoms with Crippen molar-refractivity contribution in [1.29, 1.82) is 0 Å². The van der Waals surface area contributed by atoms with Gasteiger partial charge >= 0.3 is 0 Å². The molecule has 0 spiro atoms. The molecule has 4 rings (SSSR count). The topological polar surface area (TPSA) is 73.1 Å². The van der Waals surface area contributed by atoms with Crippen LogP contribution in [0.2, 0.25) is 0 Å². The van der Waals surface area contributed by atoms with E-state index in [1.165, 1.54) is 0 Å². The smallest absolute Gasteiger partial charge is 0.256 e. The summed E-state index contributed by atoms with van der Waals surface area (Å²) in [6.07, 6.45) is 2.04. The Morgan fingerprint density at radius 1 is 1.28 bits per heavy atom. The summed E-state index contributed by atoms with van der Waals surface area (Å²) in [5, 5.41) is 3.76. The second kappa shape index (κ2) is 8.80. The van der Waals surface area contributed by atoms with E-state index in [2.05, 4.69) is 26.2 Å². The van der Waals surface area contributed by atoms with Crippen molar-refractivity contribution in [3.63, 3.8) is 0 Å². The predicted octanol–water partition coefficient (Wildman–Crippen LogP) is 4.35. The fourth-order valence-electron chi connectivity index (χ4n) is 3.25. The highest BCUT2D eigenvalue weighted by Gasteiger charge is 2.18. The lowest BCUT2D eigenvalue weighted by Crippen LogP contribution is -2.34. The van der Waals surface area contributed by atoms with Crippen LogP contribution >= 0.6 is 15.9 Å². The van der Waals surface area contributed by atoms with Gasteiger partial charge in [-0.2, -0.15) is 0 Å². The number of carbonyl (C=O) groups is 1. The molecule has 1 unspecified atom stereocenters. The minimum atomic E-state index is -0.243. The van der Waals surface area contributed by atoms with E-state index in [1.807, 2.05) is 36.4 Å². The molecule has 1 N–H and O–H groups in total.